The second-order valence-corrected chi connectivity index (χ2v) is 5.27. The summed E-state index contributed by atoms with van der Waals surface area (Å²) in [6, 6.07) is 6.69. The van der Waals surface area contributed by atoms with Gasteiger partial charge in [-0.2, -0.15) is 0 Å². The van der Waals surface area contributed by atoms with Crippen molar-refractivity contribution in [1.82, 2.24) is 10.2 Å². The van der Waals surface area contributed by atoms with Gasteiger partial charge in [0.2, 0.25) is 0 Å². The van der Waals surface area contributed by atoms with Crippen LogP contribution in [0.1, 0.15) is 12.5 Å². The van der Waals surface area contributed by atoms with E-state index in [1.165, 1.54) is 5.56 Å². The van der Waals surface area contributed by atoms with Crippen LogP contribution in [0.25, 0.3) is 0 Å². The molecule has 0 saturated carbocycles. The highest BCUT2D eigenvalue weighted by atomic mass is 79.9. The molecule has 0 aliphatic heterocycles. The normalized spacial score (nSPS) is 12.8. The molecule has 0 radical (unpaired) electrons. The van der Waals surface area contributed by atoms with Gasteiger partial charge in [0.25, 0.3) is 0 Å². The third-order valence-corrected chi connectivity index (χ3v) is 3.49. The van der Waals surface area contributed by atoms with E-state index < -0.39 is 0 Å². The van der Waals surface area contributed by atoms with Crippen molar-refractivity contribution in [2.24, 2.45) is 0 Å². The number of ether oxygens (including phenoxy) is 1. The van der Waals surface area contributed by atoms with Gasteiger partial charge in [-0.1, -0.05) is 6.07 Å². The second kappa shape index (κ2) is 6.99. The maximum atomic E-state index is 5.20. The van der Waals surface area contributed by atoms with E-state index in [9.17, 15) is 0 Å². The minimum absolute atomic E-state index is 0.539. The van der Waals surface area contributed by atoms with Crippen LogP contribution in [-0.2, 0) is 6.54 Å². The molecule has 1 unspecified atom stereocenters. The van der Waals surface area contributed by atoms with Crippen LogP contribution in [0.2, 0.25) is 0 Å². The number of methoxy groups -OCH3 is 1. The maximum Gasteiger partial charge on any atom is 0.133 e. The number of hydrogen-bond acceptors (Lipinski definition) is 3. The van der Waals surface area contributed by atoms with Crippen molar-refractivity contribution < 1.29 is 4.74 Å². The summed E-state index contributed by atoms with van der Waals surface area (Å²) in [5.74, 6) is 0.871. The molecule has 0 aliphatic carbocycles. The Morgan fingerprint density at radius 2 is 2.12 bits per heavy atom. The SMILES string of the molecule is COc1ccc(CNCC(C)N(C)C)cc1Br. The molecular weight excluding hydrogens is 280 g/mol. The molecule has 17 heavy (non-hydrogen) atoms. The third kappa shape index (κ3) is 4.66. The number of hydrogen-bond donors (Lipinski definition) is 1. The maximum absolute atomic E-state index is 5.20. The molecule has 0 heterocycles. The van der Waals surface area contributed by atoms with E-state index in [-0.39, 0.29) is 0 Å². The van der Waals surface area contributed by atoms with Crippen LogP contribution in [0, 0.1) is 0 Å². The molecule has 0 aromatic heterocycles. The van der Waals surface area contributed by atoms with Crippen LogP contribution in [0.4, 0.5) is 0 Å². The first-order valence-corrected chi connectivity index (χ1v) is 6.53. The Bertz CT molecular complexity index is 355. The number of nitrogens with one attached hydrogen (secondary N) is 1. The molecule has 0 spiro atoms. The number of likely N-dealkylation sites (N-methyl/N-ethyl adjacent to an activating group) is 1. The molecular formula is C13H21BrN2O. The van der Waals surface area contributed by atoms with Crippen LogP contribution < -0.4 is 10.1 Å². The lowest BCUT2D eigenvalue weighted by molar-refractivity contribution is 0.302. The first-order valence-electron chi connectivity index (χ1n) is 5.74. The lowest BCUT2D eigenvalue weighted by Gasteiger charge is -2.20. The van der Waals surface area contributed by atoms with Crippen molar-refractivity contribution in [1.29, 1.82) is 0 Å². The topological polar surface area (TPSA) is 24.5 Å². The molecule has 1 aromatic rings. The number of halogens is 1. The Morgan fingerprint density at radius 1 is 1.41 bits per heavy atom. The second-order valence-electron chi connectivity index (χ2n) is 4.41. The molecule has 0 amide bonds. The fourth-order valence-corrected chi connectivity index (χ4v) is 2.02. The lowest BCUT2D eigenvalue weighted by atomic mass is 10.2. The Kier molecular flexibility index (Phi) is 5.95. The molecule has 0 fully saturated rings. The van der Waals surface area contributed by atoms with Gasteiger partial charge in [0.15, 0.2) is 0 Å². The van der Waals surface area contributed by atoms with Crippen molar-refractivity contribution in [3.63, 3.8) is 0 Å². The average molecular weight is 301 g/mol. The monoisotopic (exact) mass is 300 g/mol. The number of benzene rings is 1. The zero-order valence-electron chi connectivity index (χ0n) is 11.0. The van der Waals surface area contributed by atoms with Crippen LogP contribution >= 0.6 is 15.9 Å². The zero-order valence-corrected chi connectivity index (χ0v) is 12.5. The summed E-state index contributed by atoms with van der Waals surface area (Å²) in [5.41, 5.74) is 1.25. The average Bonchev–Trinajstić information content (AvgIpc) is 2.29. The van der Waals surface area contributed by atoms with Crippen molar-refractivity contribution in [3.8, 4) is 5.75 Å². The van der Waals surface area contributed by atoms with Gasteiger partial charge in [-0.25, -0.2) is 0 Å². The molecule has 4 heteroatoms. The van der Waals surface area contributed by atoms with Gasteiger partial charge in [0, 0.05) is 19.1 Å². The summed E-state index contributed by atoms with van der Waals surface area (Å²) in [6.07, 6.45) is 0. The minimum Gasteiger partial charge on any atom is -0.496 e. The standard InChI is InChI=1S/C13H21BrN2O/c1-10(16(2)3)8-15-9-11-5-6-13(17-4)12(14)7-11/h5-7,10,15H,8-9H2,1-4H3. The van der Waals surface area contributed by atoms with E-state index in [2.05, 4.69) is 59.3 Å². The summed E-state index contributed by atoms with van der Waals surface area (Å²) < 4.78 is 6.20. The number of rotatable bonds is 6. The molecule has 0 saturated heterocycles. The molecule has 0 aliphatic rings. The summed E-state index contributed by atoms with van der Waals surface area (Å²) in [6.45, 7) is 4.06. The predicted molar refractivity (Wildman–Crippen MR) is 75.5 cm³/mol. The summed E-state index contributed by atoms with van der Waals surface area (Å²) in [7, 11) is 5.86. The van der Waals surface area contributed by atoms with Gasteiger partial charge in [0.05, 0.1) is 11.6 Å². The van der Waals surface area contributed by atoms with Gasteiger partial charge in [-0.3, -0.25) is 0 Å². The summed E-state index contributed by atoms with van der Waals surface area (Å²) in [4.78, 5) is 2.21. The molecule has 3 nitrogen and oxygen atoms in total. The Labute approximate surface area is 112 Å². The molecule has 0 bridgehead atoms. The molecule has 1 rings (SSSR count). The van der Waals surface area contributed by atoms with Gasteiger partial charge in [-0.15, -0.1) is 0 Å². The van der Waals surface area contributed by atoms with E-state index in [0.717, 1.165) is 23.3 Å². The molecule has 96 valence electrons. The van der Waals surface area contributed by atoms with Crippen LogP contribution in [0.3, 0.4) is 0 Å². The fourth-order valence-electron chi connectivity index (χ4n) is 1.43. The van der Waals surface area contributed by atoms with Gasteiger partial charge < -0.3 is 15.0 Å². The first kappa shape index (κ1) is 14.5. The predicted octanol–water partition coefficient (Wildman–Crippen LogP) is 2.50. The highest BCUT2D eigenvalue weighted by Gasteiger charge is 2.04. The molecule has 1 N–H and O–H groups in total. The summed E-state index contributed by atoms with van der Waals surface area (Å²) >= 11 is 3.49. The van der Waals surface area contributed by atoms with Gasteiger partial charge >= 0.3 is 0 Å². The highest BCUT2D eigenvalue weighted by molar-refractivity contribution is 9.10. The quantitative estimate of drug-likeness (QED) is 0.874. The van der Waals surface area contributed by atoms with Crippen molar-refractivity contribution in [2.75, 3.05) is 27.7 Å². The van der Waals surface area contributed by atoms with Crippen LogP contribution in [-0.4, -0.2) is 38.7 Å². The fraction of sp³-hybridized carbons (Fsp3) is 0.538. The Morgan fingerprint density at radius 3 is 2.65 bits per heavy atom. The highest BCUT2D eigenvalue weighted by Crippen LogP contribution is 2.25. The largest absolute Gasteiger partial charge is 0.496 e. The van der Waals surface area contributed by atoms with Crippen molar-refractivity contribution in [3.05, 3.63) is 28.2 Å². The van der Waals surface area contributed by atoms with E-state index >= 15 is 0 Å². The van der Waals surface area contributed by atoms with E-state index in [1.54, 1.807) is 7.11 Å². The summed E-state index contributed by atoms with van der Waals surface area (Å²) in [5, 5.41) is 3.44. The van der Waals surface area contributed by atoms with Gasteiger partial charge in [-0.05, 0) is 54.6 Å². The smallest absolute Gasteiger partial charge is 0.133 e. The Hall–Kier alpha value is -0.580. The Balaban J connectivity index is 2.45. The first-order chi connectivity index (χ1) is 8.04. The third-order valence-electron chi connectivity index (χ3n) is 2.87. The molecule has 1 aromatic carbocycles. The zero-order chi connectivity index (χ0) is 12.8. The number of nitrogens with zero attached hydrogens (tertiary/aromatic N) is 1. The van der Waals surface area contributed by atoms with E-state index in [1.807, 2.05) is 6.07 Å². The molecule has 1 atom stereocenters. The minimum atomic E-state index is 0.539. The van der Waals surface area contributed by atoms with Crippen LogP contribution in [0.15, 0.2) is 22.7 Å². The van der Waals surface area contributed by atoms with E-state index in [0.29, 0.717) is 6.04 Å². The lowest BCUT2D eigenvalue weighted by Crippen LogP contribution is -2.35. The van der Waals surface area contributed by atoms with E-state index in [4.69, 9.17) is 4.74 Å². The van der Waals surface area contributed by atoms with Gasteiger partial charge in [0.1, 0.15) is 5.75 Å². The van der Waals surface area contributed by atoms with Crippen molar-refractivity contribution >= 4 is 15.9 Å². The van der Waals surface area contributed by atoms with Crippen LogP contribution in [0.5, 0.6) is 5.75 Å². The van der Waals surface area contributed by atoms with Crippen molar-refractivity contribution in [2.45, 2.75) is 19.5 Å².